The Bertz CT molecular complexity index is 1370. The quantitative estimate of drug-likeness (QED) is 0.319. The lowest BCUT2D eigenvalue weighted by Crippen LogP contribution is -2.29. The third kappa shape index (κ3) is 5.46. The molecule has 1 atom stereocenters. The zero-order chi connectivity index (χ0) is 25.5. The van der Waals surface area contributed by atoms with Crippen molar-refractivity contribution in [3.05, 3.63) is 88.5 Å². The van der Waals surface area contributed by atoms with Crippen LogP contribution in [0.1, 0.15) is 18.6 Å². The van der Waals surface area contributed by atoms with Crippen molar-refractivity contribution in [1.82, 2.24) is 5.32 Å². The average molecular weight is 504 g/mol. The van der Waals surface area contributed by atoms with Gasteiger partial charge in [0.05, 0.1) is 46.8 Å². The minimum absolute atomic E-state index is 0.0580. The van der Waals surface area contributed by atoms with Crippen molar-refractivity contribution in [2.75, 3.05) is 31.4 Å². The van der Waals surface area contributed by atoms with Crippen LogP contribution >= 0.6 is 11.8 Å². The third-order valence-electron chi connectivity index (χ3n) is 5.63. The van der Waals surface area contributed by atoms with Gasteiger partial charge in [-0.05, 0) is 30.5 Å². The second-order valence-corrected chi connectivity index (χ2v) is 8.94. The summed E-state index contributed by atoms with van der Waals surface area (Å²) in [5, 5.41) is 18.6. The predicted molar refractivity (Wildman–Crippen MR) is 138 cm³/mol. The minimum Gasteiger partial charge on any atom is -0.468 e. The molecule has 0 saturated carbocycles. The largest absolute Gasteiger partial charge is 0.468 e. The number of rotatable bonds is 9. The zero-order valence-corrected chi connectivity index (χ0v) is 20.7. The number of carbonyl (C=O) groups is 2. The van der Waals surface area contributed by atoms with Crippen molar-refractivity contribution >= 4 is 40.1 Å². The van der Waals surface area contributed by atoms with E-state index in [1.165, 1.54) is 25.1 Å². The summed E-state index contributed by atoms with van der Waals surface area (Å²) in [5.74, 6) is -1.05. The number of esters is 1. The molecule has 1 aliphatic heterocycles. The van der Waals surface area contributed by atoms with Crippen LogP contribution < -0.4 is 10.6 Å². The molecule has 9 heteroatoms. The number of anilines is 1. The van der Waals surface area contributed by atoms with Crippen LogP contribution in [0, 0.1) is 11.3 Å². The Kier molecular flexibility index (Phi) is 8.10. The van der Waals surface area contributed by atoms with E-state index in [0.717, 1.165) is 16.5 Å². The summed E-state index contributed by atoms with van der Waals surface area (Å²) in [7, 11) is 1.52. The molecule has 0 fully saturated rings. The Morgan fingerprint density at radius 3 is 2.69 bits per heavy atom. The number of hydrogen-bond acceptors (Lipinski definition) is 8. The van der Waals surface area contributed by atoms with Crippen LogP contribution in [0.25, 0.3) is 10.8 Å². The Balaban J connectivity index is 1.55. The SMILES string of the molecule is COCCOC(=O)C1=C(C)NC(SCC(=O)Nc2cccc3ccccc23)=C(C#N)[C@H]1c1ccco1. The second-order valence-electron chi connectivity index (χ2n) is 7.96. The van der Waals surface area contributed by atoms with Crippen LogP contribution in [0.3, 0.4) is 0 Å². The Morgan fingerprint density at radius 1 is 1.14 bits per heavy atom. The van der Waals surface area contributed by atoms with Crippen LogP contribution in [0.4, 0.5) is 5.69 Å². The summed E-state index contributed by atoms with van der Waals surface area (Å²) in [5.41, 5.74) is 1.80. The maximum Gasteiger partial charge on any atom is 0.336 e. The van der Waals surface area contributed by atoms with Crippen LogP contribution in [-0.4, -0.2) is 38.0 Å². The van der Waals surface area contributed by atoms with E-state index in [2.05, 4.69) is 16.7 Å². The summed E-state index contributed by atoms with van der Waals surface area (Å²) in [6.07, 6.45) is 1.49. The lowest BCUT2D eigenvalue weighted by atomic mass is 9.86. The van der Waals surface area contributed by atoms with Crippen molar-refractivity contribution in [2.45, 2.75) is 12.8 Å². The number of ether oxygens (including phenoxy) is 2. The molecule has 184 valence electrons. The summed E-state index contributed by atoms with van der Waals surface area (Å²) < 4.78 is 15.9. The van der Waals surface area contributed by atoms with E-state index in [0.29, 0.717) is 16.5 Å². The molecule has 3 aromatic rings. The third-order valence-corrected chi connectivity index (χ3v) is 6.64. The molecule has 1 amide bonds. The number of carbonyl (C=O) groups excluding carboxylic acids is 2. The molecule has 2 N–H and O–H groups in total. The molecule has 0 bridgehead atoms. The summed E-state index contributed by atoms with van der Waals surface area (Å²) >= 11 is 1.19. The number of thioether (sulfide) groups is 1. The maximum atomic E-state index is 12.9. The van der Waals surface area contributed by atoms with E-state index >= 15 is 0 Å². The van der Waals surface area contributed by atoms with E-state index < -0.39 is 11.9 Å². The minimum atomic E-state index is -0.759. The molecule has 4 rings (SSSR count). The van der Waals surface area contributed by atoms with Gasteiger partial charge in [0.1, 0.15) is 12.4 Å². The number of dihydropyridines is 1. The molecular formula is C27H25N3O5S. The fraction of sp³-hybridized carbons (Fsp3) is 0.222. The molecule has 36 heavy (non-hydrogen) atoms. The molecule has 0 radical (unpaired) electrons. The number of nitrogens with one attached hydrogen (secondary N) is 2. The monoisotopic (exact) mass is 503 g/mol. The van der Waals surface area contributed by atoms with Crippen molar-refractivity contribution in [3.63, 3.8) is 0 Å². The van der Waals surface area contributed by atoms with Gasteiger partial charge >= 0.3 is 5.97 Å². The zero-order valence-electron chi connectivity index (χ0n) is 19.9. The first-order valence-electron chi connectivity index (χ1n) is 11.3. The van der Waals surface area contributed by atoms with Gasteiger partial charge in [-0.1, -0.05) is 48.2 Å². The molecular weight excluding hydrogens is 478 g/mol. The normalized spacial score (nSPS) is 15.4. The molecule has 1 aliphatic rings. The van der Waals surface area contributed by atoms with Gasteiger partial charge in [-0.3, -0.25) is 4.79 Å². The van der Waals surface area contributed by atoms with E-state index in [1.807, 2.05) is 42.5 Å². The smallest absolute Gasteiger partial charge is 0.336 e. The van der Waals surface area contributed by atoms with Crippen molar-refractivity contribution < 1.29 is 23.5 Å². The highest BCUT2D eigenvalue weighted by molar-refractivity contribution is 8.03. The van der Waals surface area contributed by atoms with Crippen molar-refractivity contribution in [1.29, 1.82) is 5.26 Å². The first-order valence-corrected chi connectivity index (χ1v) is 12.2. The fourth-order valence-electron chi connectivity index (χ4n) is 3.99. The van der Waals surface area contributed by atoms with Gasteiger partial charge in [-0.25, -0.2) is 4.79 Å². The second kappa shape index (κ2) is 11.6. The summed E-state index contributed by atoms with van der Waals surface area (Å²) in [6.45, 7) is 2.07. The molecule has 8 nitrogen and oxygen atoms in total. The van der Waals surface area contributed by atoms with E-state index in [4.69, 9.17) is 13.9 Å². The predicted octanol–water partition coefficient (Wildman–Crippen LogP) is 4.69. The van der Waals surface area contributed by atoms with E-state index in [1.54, 1.807) is 19.1 Å². The average Bonchev–Trinajstić information content (AvgIpc) is 3.42. The number of hydrogen-bond donors (Lipinski definition) is 2. The van der Waals surface area contributed by atoms with E-state index in [-0.39, 0.29) is 36.0 Å². The van der Waals surface area contributed by atoms with Crippen LogP contribution in [0.2, 0.25) is 0 Å². The summed E-state index contributed by atoms with van der Waals surface area (Å²) in [6, 6.07) is 19.1. The van der Waals surface area contributed by atoms with Gasteiger partial charge in [0, 0.05) is 23.9 Å². The van der Waals surface area contributed by atoms with E-state index in [9.17, 15) is 14.9 Å². The first kappa shape index (κ1) is 25.1. The van der Waals surface area contributed by atoms with Gasteiger partial charge in [-0.2, -0.15) is 5.26 Å². The standard InChI is InChI=1S/C27H25N3O5S/c1-17-24(27(32)35-14-13-33-2)25(22-11-6-12-34-22)20(15-28)26(29-17)36-16-23(31)30-21-10-5-8-18-7-3-4-9-19(18)21/h3-12,25,29H,13-14,16H2,1-2H3,(H,30,31)/t25-/m0/s1. The van der Waals surface area contributed by atoms with Gasteiger partial charge in [0.15, 0.2) is 0 Å². The maximum absolute atomic E-state index is 12.9. The number of fused-ring (bicyclic) bond motifs is 1. The fourth-order valence-corrected chi connectivity index (χ4v) is 4.88. The van der Waals surface area contributed by atoms with Gasteiger partial charge < -0.3 is 24.5 Å². The number of methoxy groups -OCH3 is 1. The van der Waals surface area contributed by atoms with Crippen molar-refractivity contribution in [2.24, 2.45) is 0 Å². The number of benzene rings is 2. The van der Waals surface area contributed by atoms with Crippen LogP contribution in [0.15, 0.2) is 87.1 Å². The van der Waals surface area contributed by atoms with Crippen LogP contribution in [0.5, 0.6) is 0 Å². The number of nitriles is 1. The first-order chi connectivity index (χ1) is 17.5. The molecule has 2 aromatic carbocycles. The van der Waals surface area contributed by atoms with Crippen LogP contribution in [-0.2, 0) is 19.1 Å². The Labute approximate surface area is 212 Å². The topological polar surface area (TPSA) is 114 Å². The molecule has 1 aromatic heterocycles. The molecule has 0 aliphatic carbocycles. The molecule has 2 heterocycles. The van der Waals surface area contributed by atoms with Gasteiger partial charge in [0.25, 0.3) is 0 Å². The molecule has 0 unspecified atom stereocenters. The lowest BCUT2D eigenvalue weighted by Gasteiger charge is -2.27. The lowest BCUT2D eigenvalue weighted by molar-refractivity contribution is -0.140. The molecule has 0 saturated heterocycles. The van der Waals surface area contributed by atoms with Gasteiger partial charge in [0.2, 0.25) is 5.91 Å². The number of nitrogens with zero attached hydrogens (tertiary/aromatic N) is 1. The highest BCUT2D eigenvalue weighted by Crippen LogP contribution is 2.41. The highest BCUT2D eigenvalue weighted by Gasteiger charge is 2.37. The number of allylic oxidation sites excluding steroid dienone is 2. The number of amides is 1. The summed E-state index contributed by atoms with van der Waals surface area (Å²) in [4.78, 5) is 25.7. The Hall–Kier alpha value is -4.00. The van der Waals surface area contributed by atoms with Gasteiger partial charge in [-0.15, -0.1) is 0 Å². The molecule has 0 spiro atoms. The highest BCUT2D eigenvalue weighted by atomic mass is 32.2. The van der Waals surface area contributed by atoms with Crippen molar-refractivity contribution in [3.8, 4) is 6.07 Å². The Morgan fingerprint density at radius 2 is 1.94 bits per heavy atom. The number of furan rings is 1.